The van der Waals surface area contributed by atoms with Crippen molar-refractivity contribution in [3.05, 3.63) is 63.1 Å². The zero-order valence-corrected chi connectivity index (χ0v) is 23.4. The molecular weight excluding hydrogens is 560 g/mol. The van der Waals surface area contributed by atoms with Gasteiger partial charge in [0.25, 0.3) is 0 Å². The Labute approximate surface area is 238 Å². The van der Waals surface area contributed by atoms with Gasteiger partial charge in [-0.05, 0) is 80.5 Å². The smallest absolute Gasteiger partial charge is 0.335 e. The number of anilines is 1. The number of rotatable bonds is 6. The number of carbonyl (C=O) groups is 1. The zero-order chi connectivity index (χ0) is 26.9. The summed E-state index contributed by atoms with van der Waals surface area (Å²) in [5.74, 6) is 0.289. The van der Waals surface area contributed by atoms with E-state index in [-0.39, 0.29) is 11.1 Å². The van der Waals surface area contributed by atoms with Gasteiger partial charge in [0.05, 0.1) is 20.3 Å². The summed E-state index contributed by atoms with van der Waals surface area (Å²) in [5, 5.41) is 15.6. The minimum absolute atomic E-state index is 0.0501. The maximum Gasteiger partial charge on any atom is 0.335 e. The van der Waals surface area contributed by atoms with Gasteiger partial charge in [0, 0.05) is 30.1 Å². The molecule has 0 amide bonds. The Morgan fingerprint density at radius 3 is 2.56 bits per heavy atom. The maximum atomic E-state index is 14.5. The van der Waals surface area contributed by atoms with Crippen molar-refractivity contribution in [1.82, 2.24) is 10.1 Å². The summed E-state index contributed by atoms with van der Waals surface area (Å²) in [4.78, 5) is 18.0. The van der Waals surface area contributed by atoms with Crippen molar-refractivity contribution in [1.29, 1.82) is 0 Å². The van der Waals surface area contributed by atoms with Crippen LogP contribution in [0.5, 0.6) is 0 Å². The average Bonchev–Trinajstić information content (AvgIpc) is 3.51. The first-order valence-electron chi connectivity index (χ1n) is 13.3. The monoisotopic (exact) mass is 585 g/mol. The first-order chi connectivity index (χ1) is 18.8. The van der Waals surface area contributed by atoms with Gasteiger partial charge in [-0.1, -0.05) is 45.8 Å². The molecule has 2 aromatic heterocycles. The number of carboxylic acid groups (broad SMARTS) is 1. The van der Waals surface area contributed by atoms with Gasteiger partial charge in [-0.15, -0.1) is 0 Å². The summed E-state index contributed by atoms with van der Waals surface area (Å²) in [6, 6.07) is 8.08. The molecule has 1 N–H and O–H groups in total. The number of fused-ring (bicyclic) bond motifs is 1. The number of thiazole rings is 1. The number of hydrogen-bond donors (Lipinski definition) is 1. The highest BCUT2D eigenvalue weighted by atomic mass is 35.5. The van der Waals surface area contributed by atoms with Crippen LogP contribution in [-0.4, -0.2) is 34.3 Å². The molecule has 39 heavy (non-hydrogen) atoms. The fourth-order valence-corrected chi connectivity index (χ4v) is 8.17. The minimum Gasteiger partial charge on any atom is -0.478 e. The summed E-state index contributed by atoms with van der Waals surface area (Å²) < 4.78 is 20.9. The molecule has 2 saturated carbocycles. The van der Waals surface area contributed by atoms with Crippen molar-refractivity contribution in [3.63, 3.8) is 0 Å². The highest BCUT2D eigenvalue weighted by molar-refractivity contribution is 7.22. The van der Waals surface area contributed by atoms with E-state index in [1.807, 2.05) is 18.2 Å². The van der Waals surface area contributed by atoms with Crippen molar-refractivity contribution in [3.8, 4) is 11.3 Å². The largest absolute Gasteiger partial charge is 0.478 e. The standard InChI is InChI=1S/C29H26Cl2FN3O3S/c30-19-2-1-3-20(31)23(19)24-18(26(38-34-24)16-4-5-16)10-15-13-29(14-15)6-8-35(9-7-29)28-33-25-21(32)11-17(27(36)37)12-22(25)39-28/h1-3,11-12,15-16H,4-10,13-14H2,(H,36,37). The molecule has 1 spiro atoms. The molecule has 0 unspecified atom stereocenters. The molecular formula is C29H26Cl2FN3O3S. The molecule has 0 atom stereocenters. The van der Waals surface area contributed by atoms with Crippen LogP contribution in [0.4, 0.5) is 9.52 Å². The number of piperidine rings is 1. The molecule has 1 aliphatic heterocycles. The molecule has 3 aliphatic rings. The molecule has 1 saturated heterocycles. The van der Waals surface area contributed by atoms with Crippen LogP contribution in [-0.2, 0) is 6.42 Å². The van der Waals surface area contributed by atoms with Crippen molar-refractivity contribution in [2.45, 2.75) is 50.9 Å². The normalized spacial score (nSPS) is 19.1. The van der Waals surface area contributed by atoms with Crippen LogP contribution in [0.1, 0.15) is 66.1 Å². The average molecular weight is 587 g/mol. The highest BCUT2D eigenvalue weighted by Crippen LogP contribution is 2.56. The quantitative estimate of drug-likeness (QED) is 0.245. The van der Waals surface area contributed by atoms with Crippen molar-refractivity contribution in [2.24, 2.45) is 11.3 Å². The Balaban J connectivity index is 1.04. The molecule has 202 valence electrons. The lowest BCUT2D eigenvalue weighted by molar-refractivity contribution is 0.0282. The van der Waals surface area contributed by atoms with Gasteiger partial charge >= 0.3 is 5.97 Å². The first kappa shape index (κ1) is 25.3. The predicted molar refractivity (Wildman–Crippen MR) is 151 cm³/mol. The molecule has 2 aliphatic carbocycles. The summed E-state index contributed by atoms with van der Waals surface area (Å²) in [5.41, 5.74) is 3.24. The Hall–Kier alpha value is -2.68. The lowest BCUT2D eigenvalue weighted by atomic mass is 9.56. The van der Waals surface area contributed by atoms with E-state index in [1.54, 1.807) is 0 Å². The summed E-state index contributed by atoms with van der Waals surface area (Å²) in [6.45, 7) is 1.72. The number of nitrogens with zero attached hydrogens (tertiary/aromatic N) is 3. The van der Waals surface area contributed by atoms with Gasteiger partial charge in [-0.2, -0.15) is 0 Å². The van der Waals surface area contributed by atoms with E-state index in [2.05, 4.69) is 15.0 Å². The summed E-state index contributed by atoms with van der Waals surface area (Å²) in [7, 11) is 0. The molecule has 7 rings (SSSR count). The molecule has 0 radical (unpaired) electrons. The Morgan fingerprint density at radius 1 is 1.18 bits per heavy atom. The zero-order valence-electron chi connectivity index (χ0n) is 21.1. The third kappa shape index (κ3) is 4.50. The Bertz CT molecular complexity index is 1580. The number of halogens is 3. The second-order valence-electron chi connectivity index (χ2n) is 11.3. The van der Waals surface area contributed by atoms with Crippen LogP contribution in [0.15, 0.2) is 34.9 Å². The maximum absolute atomic E-state index is 14.5. The van der Waals surface area contributed by atoms with Gasteiger partial charge in [-0.3, -0.25) is 0 Å². The van der Waals surface area contributed by atoms with Crippen LogP contribution in [0.25, 0.3) is 21.5 Å². The number of benzene rings is 2. The van der Waals surface area contributed by atoms with Gasteiger partial charge in [-0.25, -0.2) is 14.2 Å². The summed E-state index contributed by atoms with van der Waals surface area (Å²) >= 11 is 14.4. The molecule has 3 heterocycles. The van der Waals surface area contributed by atoms with Crippen LogP contribution in [0, 0.1) is 17.2 Å². The number of aromatic nitrogens is 2. The fourth-order valence-electron chi connectivity index (χ4n) is 6.52. The SMILES string of the molecule is O=C(O)c1cc(F)c2nc(N3CCC4(CC3)CC(Cc3c(-c5c(Cl)cccc5Cl)noc3C3CC3)C4)sc2c1. The van der Waals surface area contributed by atoms with Gasteiger partial charge < -0.3 is 14.5 Å². The lowest BCUT2D eigenvalue weighted by Crippen LogP contribution is -2.47. The van der Waals surface area contributed by atoms with Crippen molar-refractivity contribution < 1.29 is 18.8 Å². The number of hydrogen-bond acceptors (Lipinski definition) is 6. The van der Waals surface area contributed by atoms with E-state index in [1.165, 1.54) is 23.0 Å². The van der Waals surface area contributed by atoms with Crippen molar-refractivity contribution >= 4 is 55.9 Å². The third-order valence-corrected chi connectivity index (χ3v) is 10.4. The minimum atomic E-state index is -1.14. The lowest BCUT2D eigenvalue weighted by Gasteiger charge is -2.52. The van der Waals surface area contributed by atoms with E-state index in [4.69, 9.17) is 27.7 Å². The van der Waals surface area contributed by atoms with Gasteiger partial charge in [0.2, 0.25) is 0 Å². The number of aromatic carboxylic acids is 1. The van der Waals surface area contributed by atoms with Crippen molar-refractivity contribution in [2.75, 3.05) is 18.0 Å². The molecule has 0 bridgehead atoms. The van der Waals surface area contributed by atoms with Gasteiger partial charge in [0.15, 0.2) is 10.9 Å². The second kappa shape index (κ2) is 9.46. The molecule has 10 heteroatoms. The summed E-state index contributed by atoms with van der Waals surface area (Å²) in [6.07, 6.45) is 7.62. The van der Waals surface area contributed by atoms with E-state index in [0.29, 0.717) is 32.0 Å². The van der Waals surface area contributed by atoms with Crippen LogP contribution >= 0.6 is 34.5 Å². The molecule has 6 nitrogen and oxygen atoms in total. The Kier molecular flexibility index (Phi) is 6.14. The van der Waals surface area contributed by atoms with E-state index < -0.39 is 11.8 Å². The van der Waals surface area contributed by atoms with E-state index in [0.717, 1.165) is 86.3 Å². The van der Waals surface area contributed by atoms with E-state index in [9.17, 15) is 14.3 Å². The molecule has 2 aromatic carbocycles. The number of carboxylic acids is 1. The van der Waals surface area contributed by atoms with Gasteiger partial charge in [0.1, 0.15) is 17.0 Å². The molecule has 4 aromatic rings. The topological polar surface area (TPSA) is 79.5 Å². The van der Waals surface area contributed by atoms with Crippen LogP contribution in [0.2, 0.25) is 10.0 Å². The first-order valence-corrected chi connectivity index (χ1v) is 14.9. The second-order valence-corrected chi connectivity index (χ2v) is 13.1. The highest BCUT2D eigenvalue weighted by Gasteiger charge is 2.47. The van der Waals surface area contributed by atoms with E-state index >= 15 is 0 Å². The third-order valence-electron chi connectivity index (χ3n) is 8.68. The molecule has 3 fully saturated rings. The van der Waals surface area contributed by atoms with Crippen LogP contribution < -0.4 is 4.90 Å². The fraction of sp³-hybridized carbons (Fsp3) is 0.414. The Morgan fingerprint density at radius 2 is 1.90 bits per heavy atom. The van der Waals surface area contributed by atoms with Crippen LogP contribution in [0.3, 0.4) is 0 Å². The predicted octanol–water partition coefficient (Wildman–Crippen LogP) is 8.21.